The highest BCUT2D eigenvalue weighted by Crippen LogP contribution is 2.23. The summed E-state index contributed by atoms with van der Waals surface area (Å²) in [5.74, 6) is 0.519. The monoisotopic (exact) mass is 256 g/mol. The number of furan rings is 1. The molecule has 2 heterocycles. The minimum atomic E-state index is -0.120. The molecule has 4 nitrogen and oxygen atoms in total. The number of aryl methyl sites for hydroxylation is 1. The van der Waals surface area contributed by atoms with Crippen molar-refractivity contribution >= 4 is 11.6 Å². The molecule has 3 rings (SSSR count). The number of benzene rings is 1. The molecule has 0 atom stereocenters. The Bertz CT molecular complexity index is 616. The van der Waals surface area contributed by atoms with E-state index in [1.807, 2.05) is 12.1 Å². The summed E-state index contributed by atoms with van der Waals surface area (Å²) >= 11 is 0. The third-order valence-electron chi connectivity index (χ3n) is 3.50. The molecular formula is C15H16N2O2. The fourth-order valence-electron chi connectivity index (χ4n) is 2.44. The number of hydrogen-bond acceptors (Lipinski definition) is 3. The number of fused-ring (bicyclic) bond motifs is 1. The first-order chi connectivity index (χ1) is 9.25. The van der Waals surface area contributed by atoms with Gasteiger partial charge in [0.05, 0.1) is 11.8 Å². The van der Waals surface area contributed by atoms with Crippen LogP contribution in [-0.4, -0.2) is 12.5 Å². The highest BCUT2D eigenvalue weighted by molar-refractivity contribution is 6.05. The van der Waals surface area contributed by atoms with E-state index in [0.29, 0.717) is 11.3 Å². The molecule has 0 aliphatic carbocycles. The van der Waals surface area contributed by atoms with Crippen LogP contribution in [0.1, 0.15) is 27.2 Å². The summed E-state index contributed by atoms with van der Waals surface area (Å²) in [5.41, 5.74) is 3.96. The van der Waals surface area contributed by atoms with Crippen LogP contribution in [-0.2, 0) is 13.0 Å². The van der Waals surface area contributed by atoms with Crippen LogP contribution in [0.4, 0.5) is 5.69 Å². The van der Waals surface area contributed by atoms with Gasteiger partial charge in [-0.05, 0) is 43.1 Å². The Morgan fingerprint density at radius 2 is 2.26 bits per heavy atom. The molecule has 98 valence electrons. The molecule has 0 spiro atoms. The average molecular weight is 256 g/mol. The molecular weight excluding hydrogens is 240 g/mol. The van der Waals surface area contributed by atoms with Gasteiger partial charge >= 0.3 is 0 Å². The SMILES string of the molecule is Cc1occc1C(=O)Nc1cccc2c1CNCC2. The molecule has 1 aromatic heterocycles. The third-order valence-corrected chi connectivity index (χ3v) is 3.50. The summed E-state index contributed by atoms with van der Waals surface area (Å²) in [7, 11) is 0. The number of amides is 1. The number of carbonyl (C=O) groups is 1. The Morgan fingerprint density at radius 1 is 1.37 bits per heavy atom. The van der Waals surface area contributed by atoms with Crippen LogP contribution in [0.2, 0.25) is 0 Å². The molecule has 4 heteroatoms. The van der Waals surface area contributed by atoms with Gasteiger partial charge in [0.25, 0.3) is 5.91 Å². The molecule has 1 amide bonds. The zero-order valence-corrected chi connectivity index (χ0v) is 10.8. The highest BCUT2D eigenvalue weighted by Gasteiger charge is 2.16. The van der Waals surface area contributed by atoms with E-state index in [0.717, 1.165) is 25.2 Å². The van der Waals surface area contributed by atoms with Crippen LogP contribution in [0.3, 0.4) is 0 Å². The van der Waals surface area contributed by atoms with Crippen molar-refractivity contribution < 1.29 is 9.21 Å². The van der Waals surface area contributed by atoms with Gasteiger partial charge in [-0.2, -0.15) is 0 Å². The van der Waals surface area contributed by atoms with Crippen molar-refractivity contribution in [3.63, 3.8) is 0 Å². The van der Waals surface area contributed by atoms with Crippen molar-refractivity contribution in [1.82, 2.24) is 5.32 Å². The van der Waals surface area contributed by atoms with Crippen molar-refractivity contribution in [2.75, 3.05) is 11.9 Å². The normalized spacial score (nSPS) is 13.9. The molecule has 0 unspecified atom stereocenters. The van der Waals surface area contributed by atoms with Gasteiger partial charge in [-0.1, -0.05) is 12.1 Å². The second-order valence-electron chi connectivity index (χ2n) is 4.71. The predicted octanol–water partition coefficient (Wildman–Crippen LogP) is 2.49. The number of nitrogens with one attached hydrogen (secondary N) is 2. The standard InChI is InChI=1S/C15H16N2O2/c1-10-12(6-8-19-10)15(18)17-14-4-2-3-11-5-7-16-9-13(11)14/h2-4,6,8,16H,5,7,9H2,1H3,(H,17,18). The van der Waals surface area contributed by atoms with Gasteiger partial charge in [0, 0.05) is 12.2 Å². The lowest BCUT2D eigenvalue weighted by Gasteiger charge is -2.20. The van der Waals surface area contributed by atoms with Gasteiger partial charge in [-0.25, -0.2) is 0 Å². The van der Waals surface area contributed by atoms with Gasteiger partial charge < -0.3 is 15.1 Å². The van der Waals surface area contributed by atoms with Crippen LogP contribution in [0.15, 0.2) is 34.9 Å². The largest absolute Gasteiger partial charge is 0.469 e. The van der Waals surface area contributed by atoms with Crippen molar-refractivity contribution in [3.05, 3.63) is 53.0 Å². The molecule has 0 saturated heterocycles. The van der Waals surface area contributed by atoms with E-state index in [1.165, 1.54) is 17.4 Å². The maximum absolute atomic E-state index is 12.2. The summed E-state index contributed by atoms with van der Waals surface area (Å²) in [6.07, 6.45) is 2.54. The van der Waals surface area contributed by atoms with E-state index in [1.54, 1.807) is 13.0 Å². The Hall–Kier alpha value is -2.07. The zero-order chi connectivity index (χ0) is 13.2. The van der Waals surface area contributed by atoms with Gasteiger partial charge in [-0.3, -0.25) is 4.79 Å². The Balaban J connectivity index is 1.88. The summed E-state index contributed by atoms with van der Waals surface area (Å²) in [4.78, 5) is 12.2. The van der Waals surface area contributed by atoms with Crippen LogP contribution >= 0.6 is 0 Å². The fourth-order valence-corrected chi connectivity index (χ4v) is 2.44. The lowest BCUT2D eigenvalue weighted by molar-refractivity contribution is 0.102. The fraction of sp³-hybridized carbons (Fsp3) is 0.267. The van der Waals surface area contributed by atoms with Gasteiger partial charge in [0.15, 0.2) is 0 Å². The van der Waals surface area contributed by atoms with Gasteiger partial charge in [0.1, 0.15) is 5.76 Å². The third kappa shape index (κ3) is 2.27. The topological polar surface area (TPSA) is 54.3 Å². The van der Waals surface area contributed by atoms with Crippen LogP contribution < -0.4 is 10.6 Å². The molecule has 0 fully saturated rings. The number of rotatable bonds is 2. The van der Waals surface area contributed by atoms with Crippen molar-refractivity contribution in [3.8, 4) is 0 Å². The molecule has 2 aromatic rings. The number of carbonyl (C=O) groups excluding carboxylic acids is 1. The predicted molar refractivity (Wildman–Crippen MR) is 73.3 cm³/mol. The maximum Gasteiger partial charge on any atom is 0.259 e. The van der Waals surface area contributed by atoms with Crippen molar-refractivity contribution in [2.24, 2.45) is 0 Å². The molecule has 2 N–H and O–H groups in total. The maximum atomic E-state index is 12.2. The van der Waals surface area contributed by atoms with Crippen LogP contribution in [0, 0.1) is 6.92 Å². The van der Waals surface area contributed by atoms with E-state index >= 15 is 0 Å². The minimum Gasteiger partial charge on any atom is -0.469 e. The minimum absolute atomic E-state index is 0.120. The molecule has 1 aliphatic heterocycles. The quantitative estimate of drug-likeness (QED) is 0.868. The smallest absolute Gasteiger partial charge is 0.259 e. The van der Waals surface area contributed by atoms with Crippen molar-refractivity contribution in [1.29, 1.82) is 0 Å². The first kappa shape index (κ1) is 12.0. The van der Waals surface area contributed by atoms with E-state index in [2.05, 4.69) is 16.7 Å². The second kappa shape index (κ2) is 4.90. The van der Waals surface area contributed by atoms with Crippen molar-refractivity contribution in [2.45, 2.75) is 19.9 Å². The lowest BCUT2D eigenvalue weighted by atomic mass is 9.99. The summed E-state index contributed by atoms with van der Waals surface area (Å²) < 4.78 is 5.16. The average Bonchev–Trinajstić information content (AvgIpc) is 2.85. The van der Waals surface area contributed by atoms with E-state index in [4.69, 9.17) is 4.42 Å². The first-order valence-electron chi connectivity index (χ1n) is 6.42. The lowest BCUT2D eigenvalue weighted by Crippen LogP contribution is -2.25. The van der Waals surface area contributed by atoms with E-state index < -0.39 is 0 Å². The summed E-state index contributed by atoms with van der Waals surface area (Å²) in [5, 5.41) is 6.31. The zero-order valence-electron chi connectivity index (χ0n) is 10.8. The van der Waals surface area contributed by atoms with Gasteiger partial charge in [-0.15, -0.1) is 0 Å². The Morgan fingerprint density at radius 3 is 3.05 bits per heavy atom. The Labute approximate surface area is 111 Å². The van der Waals surface area contributed by atoms with Gasteiger partial charge in [0.2, 0.25) is 0 Å². The first-order valence-corrected chi connectivity index (χ1v) is 6.42. The number of anilines is 1. The highest BCUT2D eigenvalue weighted by atomic mass is 16.3. The molecule has 0 saturated carbocycles. The Kier molecular flexibility index (Phi) is 3.09. The molecule has 1 aliphatic rings. The molecule has 0 bridgehead atoms. The van der Waals surface area contributed by atoms with Crippen LogP contribution in [0.5, 0.6) is 0 Å². The molecule has 1 aromatic carbocycles. The second-order valence-corrected chi connectivity index (χ2v) is 4.71. The summed E-state index contributed by atoms with van der Waals surface area (Å²) in [6.45, 7) is 3.58. The number of hydrogen-bond donors (Lipinski definition) is 2. The van der Waals surface area contributed by atoms with Crippen LogP contribution in [0.25, 0.3) is 0 Å². The molecule has 0 radical (unpaired) electrons. The van der Waals surface area contributed by atoms with E-state index in [9.17, 15) is 4.79 Å². The van der Waals surface area contributed by atoms with E-state index in [-0.39, 0.29) is 5.91 Å². The summed E-state index contributed by atoms with van der Waals surface area (Å²) in [6, 6.07) is 7.74. The molecule has 19 heavy (non-hydrogen) atoms.